The van der Waals surface area contributed by atoms with Gasteiger partial charge in [0.1, 0.15) is 12.6 Å². The molecule has 160 valence electrons. The summed E-state index contributed by atoms with van der Waals surface area (Å²) >= 11 is 8.74. The van der Waals surface area contributed by atoms with Crippen molar-refractivity contribution in [2.75, 3.05) is 20.3 Å². The quantitative estimate of drug-likeness (QED) is 0.406. The number of methoxy groups -OCH3 is 1. The van der Waals surface area contributed by atoms with Crippen LogP contribution in [0.3, 0.4) is 0 Å². The molecule has 3 heterocycles. The van der Waals surface area contributed by atoms with Crippen LogP contribution < -0.4 is 14.9 Å². The summed E-state index contributed by atoms with van der Waals surface area (Å²) in [5.41, 5.74) is 1.56. The molecular formula is C22H19ClN2O4S2. The van der Waals surface area contributed by atoms with E-state index in [1.165, 1.54) is 22.7 Å². The van der Waals surface area contributed by atoms with Gasteiger partial charge >= 0.3 is 5.97 Å². The van der Waals surface area contributed by atoms with Crippen LogP contribution in [-0.4, -0.2) is 30.9 Å². The minimum atomic E-state index is -0.585. The molecule has 0 fully saturated rings. The van der Waals surface area contributed by atoms with Gasteiger partial charge in [0, 0.05) is 17.0 Å². The lowest BCUT2D eigenvalue weighted by atomic mass is 10.0. The van der Waals surface area contributed by atoms with Crippen LogP contribution in [0.1, 0.15) is 23.4 Å². The number of carbonyl (C=O) groups is 1. The van der Waals surface area contributed by atoms with Gasteiger partial charge in [-0.15, -0.1) is 11.3 Å². The average Bonchev–Trinajstić information content (AvgIpc) is 3.38. The van der Waals surface area contributed by atoms with Crippen LogP contribution in [-0.2, 0) is 14.3 Å². The molecule has 1 aliphatic heterocycles. The number of benzene rings is 1. The van der Waals surface area contributed by atoms with Gasteiger partial charge in [-0.05, 0) is 42.1 Å². The summed E-state index contributed by atoms with van der Waals surface area (Å²) in [7, 11) is 1.54. The first kappa shape index (κ1) is 21.7. The maximum absolute atomic E-state index is 13.4. The number of hydrogen-bond donors (Lipinski definition) is 0. The number of hydrogen-bond acceptors (Lipinski definition) is 7. The van der Waals surface area contributed by atoms with Crippen LogP contribution >= 0.6 is 34.3 Å². The van der Waals surface area contributed by atoms with Crippen molar-refractivity contribution in [2.45, 2.75) is 13.0 Å². The molecule has 0 saturated heterocycles. The number of esters is 1. The third-order valence-electron chi connectivity index (χ3n) is 4.74. The fourth-order valence-electron chi connectivity index (χ4n) is 3.30. The lowest BCUT2D eigenvalue weighted by Crippen LogP contribution is -2.39. The van der Waals surface area contributed by atoms with Gasteiger partial charge in [0.05, 0.1) is 22.4 Å². The molecule has 1 aromatic carbocycles. The monoisotopic (exact) mass is 474 g/mol. The van der Waals surface area contributed by atoms with E-state index in [0.717, 1.165) is 10.4 Å². The molecule has 0 spiro atoms. The van der Waals surface area contributed by atoms with Crippen LogP contribution in [0.25, 0.3) is 6.08 Å². The fraction of sp³-hybridized carbons (Fsp3) is 0.227. The number of thiazole rings is 1. The van der Waals surface area contributed by atoms with Crippen molar-refractivity contribution < 1.29 is 14.3 Å². The molecule has 31 heavy (non-hydrogen) atoms. The molecule has 0 radical (unpaired) electrons. The van der Waals surface area contributed by atoms with E-state index in [4.69, 9.17) is 21.1 Å². The molecule has 9 heteroatoms. The molecule has 1 atom stereocenters. The first-order valence-corrected chi connectivity index (χ1v) is 11.5. The van der Waals surface area contributed by atoms with Crippen LogP contribution in [0.2, 0.25) is 5.02 Å². The van der Waals surface area contributed by atoms with Crippen molar-refractivity contribution in [2.24, 2.45) is 4.99 Å². The number of aromatic nitrogens is 1. The Balaban J connectivity index is 1.84. The maximum atomic E-state index is 13.4. The molecule has 0 amide bonds. The van der Waals surface area contributed by atoms with E-state index in [9.17, 15) is 9.59 Å². The molecular weight excluding hydrogens is 456 g/mol. The van der Waals surface area contributed by atoms with Gasteiger partial charge in [0.15, 0.2) is 4.80 Å². The van der Waals surface area contributed by atoms with Crippen molar-refractivity contribution in [3.63, 3.8) is 0 Å². The Morgan fingerprint density at radius 1 is 1.26 bits per heavy atom. The van der Waals surface area contributed by atoms with Gasteiger partial charge < -0.3 is 9.47 Å². The van der Waals surface area contributed by atoms with Crippen molar-refractivity contribution in [3.05, 3.63) is 88.2 Å². The molecule has 2 aromatic heterocycles. The minimum absolute atomic E-state index is 0.129. The predicted molar refractivity (Wildman–Crippen MR) is 122 cm³/mol. The fourth-order valence-corrected chi connectivity index (χ4v) is 5.30. The summed E-state index contributed by atoms with van der Waals surface area (Å²) in [5.74, 6) is -0.497. The molecule has 0 saturated carbocycles. The van der Waals surface area contributed by atoms with Gasteiger partial charge in [-0.3, -0.25) is 9.36 Å². The molecule has 6 nitrogen and oxygen atoms in total. The third kappa shape index (κ3) is 4.43. The van der Waals surface area contributed by atoms with E-state index in [-0.39, 0.29) is 12.2 Å². The van der Waals surface area contributed by atoms with Crippen molar-refractivity contribution >= 4 is 46.3 Å². The van der Waals surface area contributed by atoms with Crippen molar-refractivity contribution in [1.29, 1.82) is 0 Å². The predicted octanol–water partition coefficient (Wildman–Crippen LogP) is 3.14. The van der Waals surface area contributed by atoms with Gasteiger partial charge in [0.2, 0.25) is 0 Å². The molecule has 0 aliphatic carbocycles. The number of rotatable bonds is 6. The number of carbonyl (C=O) groups excluding carboxylic acids is 1. The number of nitrogens with zero attached hydrogens (tertiary/aromatic N) is 2. The highest BCUT2D eigenvalue weighted by Gasteiger charge is 2.33. The zero-order valence-electron chi connectivity index (χ0n) is 16.8. The Labute approximate surface area is 191 Å². The number of allylic oxidation sites excluding steroid dienone is 1. The maximum Gasteiger partial charge on any atom is 0.338 e. The largest absolute Gasteiger partial charge is 0.460 e. The van der Waals surface area contributed by atoms with Crippen molar-refractivity contribution in [1.82, 2.24) is 4.57 Å². The van der Waals surface area contributed by atoms with Crippen LogP contribution in [0.5, 0.6) is 0 Å². The van der Waals surface area contributed by atoms with Crippen LogP contribution in [0.15, 0.2) is 62.8 Å². The molecule has 4 rings (SSSR count). The highest BCUT2D eigenvalue weighted by molar-refractivity contribution is 7.10. The van der Waals surface area contributed by atoms with Gasteiger partial charge in [-0.1, -0.05) is 41.1 Å². The van der Waals surface area contributed by atoms with Crippen LogP contribution in [0.4, 0.5) is 0 Å². The smallest absolute Gasteiger partial charge is 0.338 e. The van der Waals surface area contributed by atoms with E-state index in [1.807, 2.05) is 35.7 Å². The second kappa shape index (κ2) is 9.32. The Morgan fingerprint density at radius 3 is 2.71 bits per heavy atom. The molecule has 0 bridgehead atoms. The lowest BCUT2D eigenvalue weighted by molar-refractivity contribution is -0.140. The minimum Gasteiger partial charge on any atom is -0.460 e. The summed E-state index contributed by atoms with van der Waals surface area (Å²) in [6, 6.07) is 10.5. The second-order valence-electron chi connectivity index (χ2n) is 6.78. The number of ether oxygens (including phenoxy) is 2. The zero-order chi connectivity index (χ0) is 22.0. The first-order valence-electron chi connectivity index (χ1n) is 9.47. The molecule has 1 unspecified atom stereocenters. The number of thiophene rings is 1. The van der Waals surface area contributed by atoms with E-state index in [0.29, 0.717) is 32.2 Å². The van der Waals surface area contributed by atoms with E-state index in [2.05, 4.69) is 4.99 Å². The summed E-state index contributed by atoms with van der Waals surface area (Å²) in [4.78, 5) is 32.3. The summed E-state index contributed by atoms with van der Waals surface area (Å²) in [5, 5.41) is 2.55. The standard InChI is InChI=1S/C22H19ClN2O4S2/c1-13-18(21(27)29-10-9-28-2)19(16-4-3-11-30-16)25-20(26)17(31-22(25)24-13)12-14-5-7-15(23)8-6-14/h3-8,11-12,19H,9-10H2,1-2H3. The molecule has 0 N–H and O–H groups in total. The highest BCUT2D eigenvalue weighted by atomic mass is 35.5. The van der Waals surface area contributed by atoms with E-state index in [1.54, 1.807) is 30.7 Å². The summed E-state index contributed by atoms with van der Waals surface area (Å²) in [6.07, 6.45) is 1.81. The molecule has 1 aliphatic rings. The lowest BCUT2D eigenvalue weighted by Gasteiger charge is -2.23. The SMILES string of the molecule is COCCOC(=O)C1=C(C)N=c2sc(=Cc3ccc(Cl)cc3)c(=O)n2C1c1cccs1. The van der Waals surface area contributed by atoms with Gasteiger partial charge in [-0.25, -0.2) is 9.79 Å². The molecule has 3 aromatic rings. The van der Waals surface area contributed by atoms with Gasteiger partial charge in [-0.2, -0.15) is 0 Å². The number of fused-ring (bicyclic) bond motifs is 1. The first-order chi connectivity index (χ1) is 15.0. The van der Waals surface area contributed by atoms with E-state index >= 15 is 0 Å². The Hall–Kier alpha value is -2.52. The van der Waals surface area contributed by atoms with E-state index < -0.39 is 12.0 Å². The Morgan fingerprint density at radius 2 is 2.03 bits per heavy atom. The zero-order valence-corrected chi connectivity index (χ0v) is 19.2. The Bertz CT molecular complexity index is 1300. The summed E-state index contributed by atoms with van der Waals surface area (Å²) < 4.78 is 12.5. The normalized spacial score (nSPS) is 16.2. The van der Waals surface area contributed by atoms with Gasteiger partial charge in [0.25, 0.3) is 5.56 Å². The van der Waals surface area contributed by atoms with Crippen LogP contribution in [0, 0.1) is 0 Å². The Kier molecular flexibility index (Phi) is 6.52. The second-order valence-corrected chi connectivity index (χ2v) is 9.20. The average molecular weight is 475 g/mol. The summed E-state index contributed by atoms with van der Waals surface area (Å²) in [6.45, 7) is 2.19. The topological polar surface area (TPSA) is 69.9 Å². The highest BCUT2D eigenvalue weighted by Crippen LogP contribution is 2.33. The van der Waals surface area contributed by atoms with Crippen molar-refractivity contribution in [3.8, 4) is 0 Å². The third-order valence-corrected chi connectivity index (χ3v) is 6.90. The number of halogens is 1.